The summed E-state index contributed by atoms with van der Waals surface area (Å²) in [5.41, 5.74) is 3.36. The van der Waals surface area contributed by atoms with Crippen molar-refractivity contribution < 1.29 is 24.5 Å². The number of anilines is 1. The fourth-order valence-electron chi connectivity index (χ4n) is 4.57. The maximum atomic E-state index is 12.4. The Labute approximate surface area is 199 Å². The third-order valence-electron chi connectivity index (χ3n) is 6.69. The van der Waals surface area contributed by atoms with Crippen molar-refractivity contribution in [2.24, 2.45) is 5.92 Å². The van der Waals surface area contributed by atoms with Crippen LogP contribution in [0, 0.1) is 5.92 Å². The first kappa shape index (κ1) is 24.2. The average molecular weight is 468 g/mol. The molecule has 1 aromatic heterocycles. The molecule has 1 amide bonds. The lowest BCUT2D eigenvalue weighted by atomic mass is 9.79. The van der Waals surface area contributed by atoms with Gasteiger partial charge in [0.25, 0.3) is 5.91 Å². The molecule has 0 bridgehead atoms. The quantitative estimate of drug-likeness (QED) is 0.401. The Kier molecular flexibility index (Phi) is 8.13. The molecule has 1 aromatic carbocycles. The number of carbonyl (C=O) groups is 2. The number of aryl methyl sites for hydroxylation is 2. The van der Waals surface area contributed by atoms with Crippen LogP contribution in [-0.4, -0.2) is 52.4 Å². The topological polar surface area (TPSA) is 121 Å². The van der Waals surface area contributed by atoms with E-state index in [-0.39, 0.29) is 25.7 Å². The molecule has 8 heteroatoms. The zero-order valence-electron chi connectivity index (χ0n) is 19.3. The average Bonchev–Trinajstić information content (AvgIpc) is 2.83. The fraction of sp³-hybridized carbons (Fsp3) is 0.500. The Morgan fingerprint density at radius 3 is 2.88 bits per heavy atom. The number of fused-ring (bicyclic) bond motifs is 1. The van der Waals surface area contributed by atoms with Gasteiger partial charge in [-0.3, -0.25) is 4.79 Å². The number of amides is 1. The second-order valence-corrected chi connectivity index (χ2v) is 9.22. The summed E-state index contributed by atoms with van der Waals surface area (Å²) in [4.78, 5) is 28.7. The smallest absolute Gasteiger partial charge is 0.326 e. The number of carbonyl (C=O) groups excluding carboxylic acids is 1. The molecule has 0 unspecified atom stereocenters. The molecule has 2 heterocycles. The first-order valence-corrected chi connectivity index (χ1v) is 12.1. The van der Waals surface area contributed by atoms with E-state index >= 15 is 0 Å². The minimum absolute atomic E-state index is 0.148. The Bertz CT molecular complexity index is 1010. The number of rotatable bonds is 11. The lowest BCUT2D eigenvalue weighted by molar-refractivity contribution is -0.140. The molecule has 2 aliphatic rings. The van der Waals surface area contributed by atoms with Crippen LogP contribution in [-0.2, 0) is 29.0 Å². The van der Waals surface area contributed by atoms with Gasteiger partial charge in [-0.15, -0.1) is 0 Å². The third-order valence-corrected chi connectivity index (χ3v) is 6.69. The highest BCUT2D eigenvalue weighted by atomic mass is 16.5. The van der Waals surface area contributed by atoms with E-state index in [2.05, 4.69) is 22.8 Å². The summed E-state index contributed by atoms with van der Waals surface area (Å²) in [5.74, 6) is 0.0792. The molecule has 1 saturated carbocycles. The normalized spacial score (nSPS) is 19.9. The Morgan fingerprint density at radius 1 is 1.24 bits per heavy atom. The van der Waals surface area contributed by atoms with Crippen molar-refractivity contribution in [2.45, 2.75) is 63.7 Å². The van der Waals surface area contributed by atoms with E-state index in [9.17, 15) is 19.8 Å². The molecule has 0 radical (unpaired) electrons. The molecular formula is C26H33N3O5. The van der Waals surface area contributed by atoms with E-state index in [4.69, 9.17) is 9.72 Å². The number of pyridine rings is 1. The van der Waals surface area contributed by atoms with Crippen LogP contribution >= 0.6 is 0 Å². The first-order chi connectivity index (χ1) is 16.5. The number of aliphatic hydroxyl groups excluding tert-OH is 1. The summed E-state index contributed by atoms with van der Waals surface area (Å²) in [6, 6.07) is 9.81. The summed E-state index contributed by atoms with van der Waals surface area (Å²) in [7, 11) is 0. The number of aliphatic carboxylic acids is 1. The fourth-order valence-corrected chi connectivity index (χ4v) is 4.57. The van der Waals surface area contributed by atoms with Gasteiger partial charge in [0.15, 0.2) is 0 Å². The molecule has 1 aliphatic heterocycles. The van der Waals surface area contributed by atoms with Crippen molar-refractivity contribution in [2.75, 3.05) is 18.5 Å². The van der Waals surface area contributed by atoms with Crippen LogP contribution in [0.3, 0.4) is 0 Å². The summed E-state index contributed by atoms with van der Waals surface area (Å²) in [6.07, 6.45) is 6.59. The monoisotopic (exact) mass is 467 g/mol. The van der Waals surface area contributed by atoms with Crippen molar-refractivity contribution >= 4 is 17.7 Å². The van der Waals surface area contributed by atoms with E-state index in [0.29, 0.717) is 17.0 Å². The zero-order chi connectivity index (χ0) is 23.9. The molecule has 2 aromatic rings. The van der Waals surface area contributed by atoms with Crippen molar-refractivity contribution in [3.63, 3.8) is 0 Å². The number of nitrogens with one attached hydrogen (secondary N) is 2. The summed E-state index contributed by atoms with van der Waals surface area (Å²) < 4.78 is 5.87. The highest BCUT2D eigenvalue weighted by Crippen LogP contribution is 2.34. The van der Waals surface area contributed by atoms with Crippen LogP contribution in [0.5, 0.6) is 0 Å². The molecule has 8 nitrogen and oxygen atoms in total. The van der Waals surface area contributed by atoms with Gasteiger partial charge in [-0.2, -0.15) is 0 Å². The predicted octanol–water partition coefficient (Wildman–Crippen LogP) is 2.93. The number of nitrogens with zero attached hydrogens (tertiary/aromatic N) is 1. The minimum atomic E-state index is -1.09. The molecule has 1 fully saturated rings. The molecule has 0 spiro atoms. The summed E-state index contributed by atoms with van der Waals surface area (Å²) >= 11 is 0. The van der Waals surface area contributed by atoms with Crippen LogP contribution in [0.4, 0.5) is 5.82 Å². The first-order valence-electron chi connectivity index (χ1n) is 12.1. The molecule has 4 N–H and O–H groups in total. The number of carboxylic acids is 1. The molecular weight excluding hydrogens is 434 g/mol. The molecule has 1 aliphatic carbocycles. The van der Waals surface area contributed by atoms with Crippen LogP contribution < -0.4 is 10.6 Å². The molecule has 1 atom stereocenters. The van der Waals surface area contributed by atoms with Crippen LogP contribution in [0.1, 0.15) is 59.3 Å². The SMILES string of the molecule is O=C(N[C@@H](CCO[C@H]1C[C@H](CCc2ccc3c(n2)NCCC3)C1)C(=O)O)c1cccc(CO)c1. The standard InChI is InChI=1S/C26H33N3O5/c30-16-18-3-1-4-20(13-18)25(31)29-23(26(32)33)10-12-34-22-14-17(15-22)6-8-21-9-7-19-5-2-11-27-24(19)28-21/h1,3-4,7,9,13,17,22-23,30H,2,5-6,8,10-12,14-16H2,(H,27,28)(H,29,31)(H,32,33)/t17-,22-,23-/m0/s1. The van der Waals surface area contributed by atoms with Crippen molar-refractivity contribution in [1.29, 1.82) is 0 Å². The van der Waals surface area contributed by atoms with Gasteiger partial charge < -0.3 is 25.6 Å². The number of aliphatic hydroxyl groups is 1. The van der Waals surface area contributed by atoms with Gasteiger partial charge in [0.1, 0.15) is 11.9 Å². The predicted molar refractivity (Wildman–Crippen MR) is 128 cm³/mol. The Hall–Kier alpha value is -2.97. The number of hydrogen-bond acceptors (Lipinski definition) is 6. The van der Waals surface area contributed by atoms with Crippen LogP contribution in [0.25, 0.3) is 0 Å². The largest absolute Gasteiger partial charge is 0.480 e. The minimum Gasteiger partial charge on any atom is -0.480 e. The Morgan fingerprint density at radius 2 is 2.09 bits per heavy atom. The van der Waals surface area contributed by atoms with Crippen LogP contribution in [0.2, 0.25) is 0 Å². The third kappa shape index (κ3) is 6.33. The van der Waals surface area contributed by atoms with Gasteiger partial charge in [0.2, 0.25) is 0 Å². The highest BCUT2D eigenvalue weighted by molar-refractivity contribution is 5.96. The van der Waals surface area contributed by atoms with Gasteiger partial charge in [-0.05, 0) is 73.8 Å². The second-order valence-electron chi connectivity index (χ2n) is 9.22. The molecule has 4 rings (SSSR count). The lowest BCUT2D eigenvalue weighted by Crippen LogP contribution is -2.42. The van der Waals surface area contributed by atoms with E-state index in [1.807, 2.05) is 0 Å². The van der Waals surface area contributed by atoms with E-state index in [1.54, 1.807) is 24.3 Å². The maximum Gasteiger partial charge on any atom is 0.326 e. The van der Waals surface area contributed by atoms with Crippen LogP contribution in [0.15, 0.2) is 36.4 Å². The number of aromatic nitrogens is 1. The Balaban J connectivity index is 1.15. The number of carboxylic acid groups (broad SMARTS) is 1. The van der Waals surface area contributed by atoms with Crippen molar-refractivity contribution in [3.05, 3.63) is 58.8 Å². The van der Waals surface area contributed by atoms with Crippen molar-refractivity contribution in [3.8, 4) is 0 Å². The number of benzene rings is 1. The zero-order valence-corrected chi connectivity index (χ0v) is 19.3. The van der Waals surface area contributed by atoms with Gasteiger partial charge in [-0.1, -0.05) is 18.2 Å². The second kappa shape index (κ2) is 11.4. The lowest BCUT2D eigenvalue weighted by Gasteiger charge is -2.35. The van der Waals surface area contributed by atoms with E-state index < -0.39 is 17.9 Å². The highest BCUT2D eigenvalue weighted by Gasteiger charge is 2.30. The molecule has 182 valence electrons. The maximum absolute atomic E-state index is 12.4. The van der Waals surface area contributed by atoms with Gasteiger partial charge in [0, 0.05) is 30.8 Å². The summed E-state index contributed by atoms with van der Waals surface area (Å²) in [5, 5.41) is 24.6. The number of ether oxygens (including phenoxy) is 1. The van der Waals surface area contributed by atoms with Gasteiger partial charge >= 0.3 is 5.97 Å². The van der Waals surface area contributed by atoms with E-state index in [1.165, 1.54) is 5.56 Å². The van der Waals surface area contributed by atoms with Crippen molar-refractivity contribution in [1.82, 2.24) is 10.3 Å². The number of hydrogen-bond donors (Lipinski definition) is 4. The van der Waals surface area contributed by atoms with E-state index in [0.717, 1.165) is 56.6 Å². The summed E-state index contributed by atoms with van der Waals surface area (Å²) in [6.45, 7) is 1.10. The van der Waals surface area contributed by atoms with Gasteiger partial charge in [-0.25, -0.2) is 9.78 Å². The van der Waals surface area contributed by atoms with Gasteiger partial charge in [0.05, 0.1) is 12.7 Å². The molecule has 34 heavy (non-hydrogen) atoms. The molecule has 0 saturated heterocycles.